The lowest BCUT2D eigenvalue weighted by molar-refractivity contribution is 0.235. The van der Waals surface area contributed by atoms with Gasteiger partial charge in [0.05, 0.1) is 0 Å². The van der Waals surface area contributed by atoms with E-state index in [2.05, 4.69) is 36.2 Å². The van der Waals surface area contributed by atoms with E-state index in [9.17, 15) is 0 Å². The van der Waals surface area contributed by atoms with Crippen molar-refractivity contribution in [3.8, 4) is 0 Å². The fraction of sp³-hybridized carbons (Fsp3) is 0.600. The number of hydrogen-bond donors (Lipinski definition) is 1. The predicted molar refractivity (Wildman–Crippen MR) is 78.1 cm³/mol. The molecule has 1 heterocycles. The second-order valence-corrected chi connectivity index (χ2v) is 5.75. The summed E-state index contributed by atoms with van der Waals surface area (Å²) in [6.45, 7) is 7.73. The monoisotopic (exact) mass is 266 g/mol. The van der Waals surface area contributed by atoms with Gasteiger partial charge < -0.3 is 5.32 Å². The van der Waals surface area contributed by atoms with Gasteiger partial charge in [-0.2, -0.15) is 0 Å². The Bertz CT molecular complexity index is 373. The molecule has 0 unspecified atom stereocenters. The lowest BCUT2D eigenvalue weighted by Crippen LogP contribution is -2.36. The van der Waals surface area contributed by atoms with Gasteiger partial charge in [0, 0.05) is 23.7 Å². The Balaban J connectivity index is 2.15. The second kappa shape index (κ2) is 6.55. The minimum absolute atomic E-state index is 0.406. The van der Waals surface area contributed by atoms with Crippen molar-refractivity contribution in [3.63, 3.8) is 0 Å². The summed E-state index contributed by atoms with van der Waals surface area (Å²) in [4.78, 5) is 2.55. The van der Waals surface area contributed by atoms with Crippen LogP contribution in [0.25, 0.3) is 0 Å². The summed E-state index contributed by atoms with van der Waals surface area (Å²) in [5.74, 6) is 0. The molecule has 0 aliphatic carbocycles. The van der Waals surface area contributed by atoms with E-state index in [0.29, 0.717) is 12.1 Å². The summed E-state index contributed by atoms with van der Waals surface area (Å²) in [6, 6.07) is 9.16. The van der Waals surface area contributed by atoms with E-state index in [-0.39, 0.29) is 0 Å². The van der Waals surface area contributed by atoms with Crippen molar-refractivity contribution in [1.82, 2.24) is 10.2 Å². The molecule has 18 heavy (non-hydrogen) atoms. The van der Waals surface area contributed by atoms with E-state index in [0.717, 1.165) is 11.6 Å². The van der Waals surface area contributed by atoms with Crippen LogP contribution in [0.3, 0.4) is 0 Å². The van der Waals surface area contributed by atoms with Crippen LogP contribution in [0, 0.1) is 0 Å². The average molecular weight is 267 g/mol. The summed E-state index contributed by atoms with van der Waals surface area (Å²) in [5, 5.41) is 4.44. The maximum Gasteiger partial charge on any atom is 0.0487 e. The highest BCUT2D eigenvalue weighted by Gasteiger charge is 2.24. The number of rotatable bonds is 5. The zero-order valence-electron chi connectivity index (χ0n) is 11.3. The van der Waals surface area contributed by atoms with Crippen LogP contribution in [0.5, 0.6) is 0 Å². The minimum atomic E-state index is 0.406. The topological polar surface area (TPSA) is 15.3 Å². The van der Waals surface area contributed by atoms with Crippen molar-refractivity contribution in [3.05, 3.63) is 34.9 Å². The Hall–Kier alpha value is -0.570. The first-order valence-electron chi connectivity index (χ1n) is 6.90. The SMILES string of the molecule is CC(C)NC[C@H](c1ccccc1Cl)N1CCCC1. The molecule has 2 nitrogen and oxygen atoms in total. The van der Waals surface area contributed by atoms with Crippen LogP contribution < -0.4 is 5.32 Å². The molecule has 0 spiro atoms. The summed E-state index contributed by atoms with van der Waals surface area (Å²) in [5.41, 5.74) is 1.26. The van der Waals surface area contributed by atoms with Gasteiger partial charge in [0.2, 0.25) is 0 Å². The lowest BCUT2D eigenvalue weighted by atomic mass is 10.1. The Morgan fingerprint density at radius 2 is 1.89 bits per heavy atom. The fourth-order valence-corrected chi connectivity index (χ4v) is 2.84. The predicted octanol–water partition coefficient (Wildman–Crippen LogP) is 3.47. The van der Waals surface area contributed by atoms with Gasteiger partial charge >= 0.3 is 0 Å². The number of benzene rings is 1. The van der Waals surface area contributed by atoms with E-state index in [1.165, 1.54) is 31.5 Å². The molecule has 0 radical (unpaired) electrons. The van der Waals surface area contributed by atoms with Crippen LogP contribution >= 0.6 is 11.6 Å². The van der Waals surface area contributed by atoms with Crippen molar-refractivity contribution in [2.75, 3.05) is 19.6 Å². The van der Waals surface area contributed by atoms with Crippen molar-refractivity contribution in [2.45, 2.75) is 38.8 Å². The smallest absolute Gasteiger partial charge is 0.0487 e. The standard InChI is InChI=1S/C15H23ClN2/c1-12(2)17-11-15(18-9-5-6-10-18)13-7-3-4-8-14(13)16/h3-4,7-8,12,15,17H,5-6,9-11H2,1-2H3/t15-/m1/s1. The third-order valence-electron chi connectivity index (χ3n) is 3.57. The van der Waals surface area contributed by atoms with Gasteiger partial charge in [-0.3, -0.25) is 4.90 Å². The van der Waals surface area contributed by atoms with Crippen LogP contribution in [0.15, 0.2) is 24.3 Å². The van der Waals surface area contributed by atoms with E-state index in [4.69, 9.17) is 11.6 Å². The molecule has 1 fully saturated rings. The molecule has 0 aromatic heterocycles. The largest absolute Gasteiger partial charge is 0.313 e. The molecule has 0 amide bonds. The Labute approximate surface area is 115 Å². The molecule has 3 heteroatoms. The van der Waals surface area contributed by atoms with Gasteiger partial charge in [-0.1, -0.05) is 43.6 Å². The molecular weight excluding hydrogens is 244 g/mol. The van der Waals surface area contributed by atoms with Crippen molar-refractivity contribution in [1.29, 1.82) is 0 Å². The first kappa shape index (κ1) is 13.9. The van der Waals surface area contributed by atoms with Crippen molar-refractivity contribution in [2.24, 2.45) is 0 Å². The molecule has 1 saturated heterocycles. The Morgan fingerprint density at radius 1 is 1.22 bits per heavy atom. The highest BCUT2D eigenvalue weighted by atomic mass is 35.5. The average Bonchev–Trinajstić information content (AvgIpc) is 2.85. The highest BCUT2D eigenvalue weighted by molar-refractivity contribution is 6.31. The minimum Gasteiger partial charge on any atom is -0.313 e. The van der Waals surface area contributed by atoms with Crippen LogP contribution in [0.2, 0.25) is 5.02 Å². The maximum atomic E-state index is 6.36. The van der Waals surface area contributed by atoms with Gasteiger partial charge in [0.25, 0.3) is 0 Å². The third kappa shape index (κ3) is 3.47. The van der Waals surface area contributed by atoms with Gasteiger partial charge in [0.15, 0.2) is 0 Å². The number of hydrogen-bond acceptors (Lipinski definition) is 2. The molecule has 1 N–H and O–H groups in total. The summed E-state index contributed by atoms with van der Waals surface area (Å²) < 4.78 is 0. The number of nitrogens with one attached hydrogen (secondary N) is 1. The van der Waals surface area contributed by atoms with Crippen LogP contribution in [0.1, 0.15) is 38.3 Å². The van der Waals surface area contributed by atoms with Crippen LogP contribution in [-0.2, 0) is 0 Å². The van der Waals surface area contributed by atoms with E-state index >= 15 is 0 Å². The van der Waals surface area contributed by atoms with Gasteiger partial charge in [-0.25, -0.2) is 0 Å². The van der Waals surface area contributed by atoms with Crippen LogP contribution in [0.4, 0.5) is 0 Å². The van der Waals surface area contributed by atoms with E-state index < -0.39 is 0 Å². The van der Waals surface area contributed by atoms with Gasteiger partial charge in [-0.15, -0.1) is 0 Å². The van der Waals surface area contributed by atoms with Crippen LogP contribution in [-0.4, -0.2) is 30.6 Å². The normalized spacial score (nSPS) is 18.4. The first-order valence-corrected chi connectivity index (χ1v) is 7.28. The van der Waals surface area contributed by atoms with Crippen molar-refractivity contribution >= 4 is 11.6 Å². The van der Waals surface area contributed by atoms with Crippen molar-refractivity contribution < 1.29 is 0 Å². The first-order chi connectivity index (χ1) is 8.68. The molecule has 2 rings (SSSR count). The number of nitrogens with zero attached hydrogens (tertiary/aromatic N) is 1. The van der Waals surface area contributed by atoms with Gasteiger partial charge in [-0.05, 0) is 37.6 Å². The van der Waals surface area contributed by atoms with E-state index in [1.54, 1.807) is 0 Å². The Kier molecular flexibility index (Phi) is 5.04. The highest BCUT2D eigenvalue weighted by Crippen LogP contribution is 2.29. The summed E-state index contributed by atoms with van der Waals surface area (Å²) in [6.07, 6.45) is 2.62. The molecule has 0 bridgehead atoms. The molecule has 1 aliphatic heterocycles. The third-order valence-corrected chi connectivity index (χ3v) is 3.91. The second-order valence-electron chi connectivity index (χ2n) is 5.34. The molecule has 1 atom stereocenters. The molecule has 1 aliphatic rings. The zero-order valence-corrected chi connectivity index (χ0v) is 12.1. The molecular formula is C15H23ClN2. The quantitative estimate of drug-likeness (QED) is 0.878. The number of halogens is 1. The van der Waals surface area contributed by atoms with Gasteiger partial charge in [0.1, 0.15) is 0 Å². The lowest BCUT2D eigenvalue weighted by Gasteiger charge is -2.29. The Morgan fingerprint density at radius 3 is 2.50 bits per heavy atom. The number of likely N-dealkylation sites (tertiary alicyclic amines) is 1. The zero-order chi connectivity index (χ0) is 13.0. The fourth-order valence-electron chi connectivity index (χ4n) is 2.58. The van der Waals surface area contributed by atoms with E-state index in [1.807, 2.05) is 12.1 Å². The molecule has 1 aromatic carbocycles. The molecule has 0 saturated carbocycles. The maximum absolute atomic E-state index is 6.36. The summed E-state index contributed by atoms with van der Waals surface area (Å²) in [7, 11) is 0. The molecule has 1 aromatic rings. The summed E-state index contributed by atoms with van der Waals surface area (Å²) >= 11 is 6.36. The molecule has 100 valence electrons.